The molecule has 0 atom stereocenters. The van der Waals surface area contributed by atoms with Gasteiger partial charge >= 0.3 is 11.2 Å². The number of carbonyl (C=O) groups excluding carboxylic acids is 1. The largest absolute Gasteiger partial charge is 0.403 e. The molecule has 0 aromatic carbocycles. The lowest BCUT2D eigenvalue weighted by molar-refractivity contribution is -0.726. The first-order valence-corrected chi connectivity index (χ1v) is 3.09. The Bertz CT molecular complexity index is 314. The summed E-state index contributed by atoms with van der Waals surface area (Å²) < 4.78 is 0. The number of carbonyl (C=O) groups is 1. The molecule has 0 spiro atoms. The van der Waals surface area contributed by atoms with Crippen LogP contribution >= 0.6 is 0 Å². The van der Waals surface area contributed by atoms with Gasteiger partial charge in [-0.15, -0.1) is 10.1 Å². The molecule has 68 valence electrons. The molecule has 0 aliphatic rings. The first kappa shape index (κ1) is 8.84. The van der Waals surface area contributed by atoms with E-state index in [9.17, 15) is 14.9 Å². The van der Waals surface area contributed by atoms with Crippen molar-refractivity contribution >= 4 is 12.0 Å². The van der Waals surface area contributed by atoms with Crippen molar-refractivity contribution in [2.75, 3.05) is 5.32 Å². The van der Waals surface area contributed by atoms with Crippen molar-refractivity contribution in [2.45, 2.75) is 0 Å². The summed E-state index contributed by atoms with van der Waals surface area (Å²) in [5.74, 6) is -0.0608. The van der Waals surface area contributed by atoms with Crippen LogP contribution in [0.1, 0.15) is 0 Å². The molecule has 1 amide bonds. The molecule has 1 heterocycles. The van der Waals surface area contributed by atoms with Crippen LogP contribution in [0.4, 0.5) is 10.7 Å². The molecule has 8 heteroatoms. The SMILES string of the molecule is O=C(Nc1ncccn1)O[N+](=O)[O-]. The average molecular weight is 184 g/mol. The highest BCUT2D eigenvalue weighted by Crippen LogP contribution is 1.94. The molecule has 8 nitrogen and oxygen atoms in total. The Hall–Kier alpha value is -2.25. The number of nitrogens with zero attached hydrogens (tertiary/aromatic N) is 3. The van der Waals surface area contributed by atoms with Crippen molar-refractivity contribution in [2.24, 2.45) is 0 Å². The van der Waals surface area contributed by atoms with Gasteiger partial charge in [0.25, 0.3) is 0 Å². The van der Waals surface area contributed by atoms with Gasteiger partial charge in [-0.05, 0) is 6.07 Å². The summed E-state index contributed by atoms with van der Waals surface area (Å²) in [6.45, 7) is 0. The molecular weight excluding hydrogens is 180 g/mol. The van der Waals surface area contributed by atoms with E-state index in [1.54, 1.807) is 0 Å². The fraction of sp³-hybridized carbons (Fsp3) is 0. The van der Waals surface area contributed by atoms with Gasteiger partial charge in [-0.1, -0.05) is 0 Å². The van der Waals surface area contributed by atoms with E-state index in [1.807, 2.05) is 5.32 Å². The Morgan fingerprint density at radius 2 is 2.15 bits per heavy atom. The molecular formula is C5H4N4O4. The van der Waals surface area contributed by atoms with Crippen LogP contribution in [0.15, 0.2) is 18.5 Å². The normalized spacial score (nSPS) is 8.92. The van der Waals surface area contributed by atoms with E-state index >= 15 is 0 Å². The van der Waals surface area contributed by atoms with Crippen molar-refractivity contribution in [1.82, 2.24) is 9.97 Å². The summed E-state index contributed by atoms with van der Waals surface area (Å²) in [5.41, 5.74) is 0. The highest BCUT2D eigenvalue weighted by Gasteiger charge is 2.07. The molecule has 1 aromatic heterocycles. The molecule has 1 aromatic rings. The van der Waals surface area contributed by atoms with E-state index in [1.165, 1.54) is 18.5 Å². The van der Waals surface area contributed by atoms with E-state index in [-0.39, 0.29) is 5.95 Å². The van der Waals surface area contributed by atoms with Crippen molar-refractivity contribution in [3.63, 3.8) is 0 Å². The fourth-order valence-electron chi connectivity index (χ4n) is 0.545. The van der Waals surface area contributed by atoms with Crippen molar-refractivity contribution in [3.05, 3.63) is 28.6 Å². The van der Waals surface area contributed by atoms with E-state index in [0.717, 1.165) is 0 Å². The van der Waals surface area contributed by atoms with Crippen LogP contribution in [0.5, 0.6) is 0 Å². The second-order valence-electron chi connectivity index (χ2n) is 1.80. The molecule has 13 heavy (non-hydrogen) atoms. The lowest BCUT2D eigenvalue weighted by Gasteiger charge is -1.98. The van der Waals surface area contributed by atoms with Crippen molar-refractivity contribution in [3.8, 4) is 0 Å². The van der Waals surface area contributed by atoms with Crippen LogP contribution in [0.25, 0.3) is 0 Å². The number of aromatic nitrogens is 2. The lowest BCUT2D eigenvalue weighted by atomic mass is 10.7. The Kier molecular flexibility index (Phi) is 2.69. The van der Waals surface area contributed by atoms with Gasteiger partial charge in [-0.2, -0.15) is 0 Å². The van der Waals surface area contributed by atoms with Gasteiger partial charge in [0.15, 0.2) is 0 Å². The number of amides is 1. The lowest BCUT2D eigenvalue weighted by Crippen LogP contribution is -2.18. The third-order valence-electron chi connectivity index (χ3n) is 0.937. The summed E-state index contributed by atoms with van der Waals surface area (Å²) in [5, 5.41) is 10.4. The Balaban J connectivity index is 2.50. The smallest absolute Gasteiger partial charge is 0.271 e. The molecule has 1 rings (SSSR count). The molecule has 0 radical (unpaired) electrons. The summed E-state index contributed by atoms with van der Waals surface area (Å²) in [6, 6.07) is 1.53. The molecule has 0 aliphatic carbocycles. The number of rotatable bonds is 2. The molecule has 1 N–H and O–H groups in total. The quantitative estimate of drug-likeness (QED) is 0.520. The number of hydrogen-bond acceptors (Lipinski definition) is 6. The first-order valence-electron chi connectivity index (χ1n) is 3.09. The van der Waals surface area contributed by atoms with Crippen LogP contribution in [0, 0.1) is 10.1 Å². The van der Waals surface area contributed by atoms with E-state index < -0.39 is 11.2 Å². The maximum absolute atomic E-state index is 10.6. The number of anilines is 1. The van der Waals surface area contributed by atoms with Gasteiger partial charge in [0, 0.05) is 12.4 Å². The average Bonchev–Trinajstić information content (AvgIpc) is 2.04. The predicted molar refractivity (Wildman–Crippen MR) is 39.1 cm³/mol. The minimum atomic E-state index is -1.24. The van der Waals surface area contributed by atoms with Gasteiger partial charge in [0.1, 0.15) is 0 Å². The molecule has 0 fully saturated rings. The van der Waals surface area contributed by atoms with Crippen molar-refractivity contribution in [1.29, 1.82) is 0 Å². The predicted octanol–water partition coefficient (Wildman–Crippen LogP) is 0.217. The summed E-state index contributed by atoms with van der Waals surface area (Å²) in [4.78, 5) is 31.0. The van der Waals surface area contributed by atoms with Crippen LogP contribution in [0.3, 0.4) is 0 Å². The summed E-state index contributed by atoms with van der Waals surface area (Å²) in [7, 11) is 0. The first-order chi connectivity index (χ1) is 6.18. The minimum Gasteiger partial charge on any atom is -0.271 e. The van der Waals surface area contributed by atoms with E-state index in [4.69, 9.17) is 0 Å². The molecule has 0 saturated carbocycles. The third kappa shape index (κ3) is 3.10. The molecule has 0 aliphatic heterocycles. The Morgan fingerprint density at radius 3 is 2.69 bits per heavy atom. The summed E-state index contributed by atoms with van der Waals surface area (Å²) in [6.07, 6.45) is 1.50. The van der Waals surface area contributed by atoms with Crippen molar-refractivity contribution < 1.29 is 14.7 Å². The second-order valence-corrected chi connectivity index (χ2v) is 1.80. The standard InChI is InChI=1S/C5H4N4O4/c10-5(13-9(11)12)8-4-6-2-1-3-7-4/h1-3H,(H,6,7,8,10). The maximum Gasteiger partial charge on any atom is 0.403 e. The Labute approximate surface area is 71.7 Å². The monoisotopic (exact) mass is 184 g/mol. The van der Waals surface area contributed by atoms with Gasteiger partial charge in [0.2, 0.25) is 5.95 Å². The highest BCUT2D eigenvalue weighted by atomic mass is 17.0. The van der Waals surface area contributed by atoms with Crippen LogP contribution in [-0.4, -0.2) is 21.1 Å². The van der Waals surface area contributed by atoms with Gasteiger partial charge < -0.3 is 0 Å². The fourth-order valence-corrected chi connectivity index (χ4v) is 0.545. The molecule has 0 bridgehead atoms. The summed E-state index contributed by atoms with van der Waals surface area (Å²) >= 11 is 0. The highest BCUT2D eigenvalue weighted by molar-refractivity contribution is 5.81. The second kappa shape index (κ2) is 3.95. The maximum atomic E-state index is 10.6. The Morgan fingerprint density at radius 1 is 1.54 bits per heavy atom. The number of nitrogens with one attached hydrogen (secondary N) is 1. The zero-order valence-corrected chi connectivity index (χ0v) is 6.21. The van der Waals surface area contributed by atoms with E-state index in [2.05, 4.69) is 14.8 Å². The molecule has 0 saturated heterocycles. The van der Waals surface area contributed by atoms with Crippen LogP contribution < -0.4 is 5.32 Å². The molecule has 0 unspecified atom stereocenters. The van der Waals surface area contributed by atoms with Gasteiger partial charge in [-0.25, -0.2) is 19.6 Å². The zero-order chi connectivity index (χ0) is 9.68. The van der Waals surface area contributed by atoms with Gasteiger partial charge in [-0.3, -0.25) is 5.32 Å². The van der Waals surface area contributed by atoms with Crippen LogP contribution in [0.2, 0.25) is 0 Å². The number of hydrogen-bond donors (Lipinski definition) is 1. The minimum absolute atomic E-state index is 0.0608. The van der Waals surface area contributed by atoms with E-state index in [0.29, 0.717) is 0 Å². The third-order valence-corrected chi connectivity index (χ3v) is 0.937. The van der Waals surface area contributed by atoms with Crippen LogP contribution in [-0.2, 0) is 4.84 Å². The topological polar surface area (TPSA) is 107 Å². The van der Waals surface area contributed by atoms with Gasteiger partial charge in [0.05, 0.1) is 0 Å². The zero-order valence-electron chi connectivity index (χ0n) is 6.21.